The Kier molecular flexibility index (Phi) is 4.69. The lowest BCUT2D eigenvalue weighted by Gasteiger charge is -2.29. The number of ether oxygens (including phenoxy) is 2. The van der Waals surface area contributed by atoms with Gasteiger partial charge in [0.05, 0.1) is 13.2 Å². The third-order valence-electron chi connectivity index (χ3n) is 3.07. The first kappa shape index (κ1) is 14.5. The van der Waals surface area contributed by atoms with Gasteiger partial charge < -0.3 is 14.8 Å². The Bertz CT molecular complexity index is 334. The highest BCUT2D eigenvalue weighted by Gasteiger charge is 2.59. The van der Waals surface area contributed by atoms with E-state index in [4.69, 9.17) is 9.47 Å². The van der Waals surface area contributed by atoms with Crippen molar-refractivity contribution in [3.8, 4) is 0 Å². The zero-order valence-corrected chi connectivity index (χ0v) is 10.9. The van der Waals surface area contributed by atoms with Crippen LogP contribution >= 0.6 is 0 Å². The zero-order chi connectivity index (χ0) is 13.8. The van der Waals surface area contributed by atoms with E-state index >= 15 is 0 Å². The van der Waals surface area contributed by atoms with Crippen molar-refractivity contribution in [2.24, 2.45) is 5.92 Å². The van der Waals surface area contributed by atoms with Crippen molar-refractivity contribution in [3.05, 3.63) is 0 Å². The van der Waals surface area contributed by atoms with Crippen molar-refractivity contribution in [2.75, 3.05) is 13.2 Å². The molecule has 1 heterocycles. The van der Waals surface area contributed by atoms with Crippen LogP contribution in [0.2, 0.25) is 0 Å². The van der Waals surface area contributed by atoms with Gasteiger partial charge in [0.1, 0.15) is 0 Å². The fraction of sp³-hybridized carbons (Fsp3) is 0.750. The lowest BCUT2D eigenvalue weighted by Crippen LogP contribution is -2.60. The Labute approximate surface area is 106 Å². The molecule has 0 unspecified atom stereocenters. The lowest BCUT2D eigenvalue weighted by atomic mass is 9.83. The Balaban J connectivity index is 3.11. The summed E-state index contributed by atoms with van der Waals surface area (Å²) in [5.74, 6) is -2.23. The monoisotopic (exact) mass is 257 g/mol. The van der Waals surface area contributed by atoms with Gasteiger partial charge in [0.2, 0.25) is 11.4 Å². The third kappa shape index (κ3) is 2.32. The summed E-state index contributed by atoms with van der Waals surface area (Å²) >= 11 is 0. The van der Waals surface area contributed by atoms with Crippen molar-refractivity contribution in [3.63, 3.8) is 0 Å². The first-order chi connectivity index (χ1) is 8.52. The lowest BCUT2D eigenvalue weighted by molar-refractivity contribution is -0.168. The molecule has 0 spiro atoms. The summed E-state index contributed by atoms with van der Waals surface area (Å²) < 4.78 is 9.85. The number of hydrogen-bond donors (Lipinski definition) is 1. The average molecular weight is 257 g/mol. The number of hydrogen-bond acceptors (Lipinski definition) is 5. The van der Waals surface area contributed by atoms with Gasteiger partial charge in [-0.3, -0.25) is 4.79 Å². The standard InChI is InChI=1S/C12H19NO5/c1-4-8-7-9(14)13-12(8,10(15)17-5-2)11(16)18-6-3/h8H,4-7H2,1-3H3,(H,13,14)/t8-/m0/s1. The van der Waals surface area contributed by atoms with Gasteiger partial charge in [0, 0.05) is 12.3 Å². The molecule has 1 aliphatic heterocycles. The average Bonchev–Trinajstić information content (AvgIpc) is 2.68. The molecule has 6 nitrogen and oxygen atoms in total. The molecule has 1 fully saturated rings. The van der Waals surface area contributed by atoms with Gasteiger partial charge in [-0.25, -0.2) is 9.59 Å². The predicted molar refractivity (Wildman–Crippen MR) is 62.5 cm³/mol. The maximum Gasteiger partial charge on any atom is 0.344 e. The minimum absolute atomic E-state index is 0.133. The van der Waals surface area contributed by atoms with Crippen molar-refractivity contribution in [1.82, 2.24) is 5.32 Å². The van der Waals surface area contributed by atoms with Gasteiger partial charge >= 0.3 is 11.9 Å². The van der Waals surface area contributed by atoms with Crippen LogP contribution in [0.15, 0.2) is 0 Å². The molecule has 1 N–H and O–H groups in total. The number of amides is 1. The van der Waals surface area contributed by atoms with E-state index in [9.17, 15) is 14.4 Å². The van der Waals surface area contributed by atoms with Gasteiger partial charge in [0.15, 0.2) is 0 Å². The van der Waals surface area contributed by atoms with Crippen LogP contribution < -0.4 is 5.32 Å². The largest absolute Gasteiger partial charge is 0.464 e. The van der Waals surface area contributed by atoms with E-state index in [1.807, 2.05) is 6.92 Å². The molecule has 1 aliphatic rings. The van der Waals surface area contributed by atoms with Gasteiger partial charge in [-0.1, -0.05) is 6.92 Å². The van der Waals surface area contributed by atoms with E-state index in [1.54, 1.807) is 13.8 Å². The quantitative estimate of drug-likeness (QED) is 0.569. The van der Waals surface area contributed by atoms with Crippen LogP contribution in [0.1, 0.15) is 33.6 Å². The molecule has 0 aliphatic carbocycles. The highest BCUT2D eigenvalue weighted by atomic mass is 16.6. The van der Waals surface area contributed by atoms with Crippen LogP contribution in [0.5, 0.6) is 0 Å². The molecule has 1 rings (SSSR count). The molecule has 1 atom stereocenters. The van der Waals surface area contributed by atoms with Crippen molar-refractivity contribution in [2.45, 2.75) is 39.2 Å². The van der Waals surface area contributed by atoms with Crippen LogP contribution in [0.25, 0.3) is 0 Å². The molecule has 1 amide bonds. The molecule has 0 aromatic heterocycles. The highest BCUT2D eigenvalue weighted by Crippen LogP contribution is 2.33. The van der Waals surface area contributed by atoms with E-state index in [-0.39, 0.29) is 25.5 Å². The maximum absolute atomic E-state index is 12.1. The summed E-state index contributed by atoms with van der Waals surface area (Å²) in [6.07, 6.45) is 0.643. The summed E-state index contributed by atoms with van der Waals surface area (Å²) in [5.41, 5.74) is -1.67. The molecule has 1 saturated heterocycles. The van der Waals surface area contributed by atoms with Crippen LogP contribution in [0, 0.1) is 5.92 Å². The van der Waals surface area contributed by atoms with Crippen LogP contribution in [0.4, 0.5) is 0 Å². The molecule has 0 aromatic carbocycles. The van der Waals surface area contributed by atoms with Crippen molar-refractivity contribution < 1.29 is 23.9 Å². The molecular formula is C12H19NO5. The van der Waals surface area contributed by atoms with Crippen LogP contribution in [-0.2, 0) is 23.9 Å². The molecular weight excluding hydrogens is 238 g/mol. The van der Waals surface area contributed by atoms with E-state index < -0.39 is 23.4 Å². The van der Waals surface area contributed by atoms with E-state index in [0.29, 0.717) is 6.42 Å². The number of nitrogens with one attached hydrogen (secondary N) is 1. The fourth-order valence-corrected chi connectivity index (χ4v) is 2.21. The smallest absolute Gasteiger partial charge is 0.344 e. The molecule has 0 bridgehead atoms. The minimum Gasteiger partial charge on any atom is -0.464 e. The second-order valence-corrected chi connectivity index (χ2v) is 4.11. The summed E-state index contributed by atoms with van der Waals surface area (Å²) in [4.78, 5) is 35.6. The van der Waals surface area contributed by atoms with Gasteiger partial charge in [-0.2, -0.15) is 0 Å². The van der Waals surface area contributed by atoms with Gasteiger partial charge in [-0.15, -0.1) is 0 Å². The van der Waals surface area contributed by atoms with Crippen molar-refractivity contribution >= 4 is 17.8 Å². The summed E-state index contributed by atoms with van der Waals surface area (Å²) in [6, 6.07) is 0. The molecule has 0 saturated carbocycles. The van der Waals surface area contributed by atoms with E-state index in [1.165, 1.54) is 0 Å². The first-order valence-corrected chi connectivity index (χ1v) is 6.18. The summed E-state index contributed by atoms with van der Waals surface area (Å²) in [6.45, 7) is 5.40. The minimum atomic E-state index is -1.67. The number of carbonyl (C=O) groups is 3. The molecule has 0 aromatic rings. The van der Waals surface area contributed by atoms with Gasteiger partial charge in [-0.05, 0) is 20.3 Å². The maximum atomic E-state index is 12.1. The van der Waals surface area contributed by atoms with Crippen molar-refractivity contribution in [1.29, 1.82) is 0 Å². The summed E-state index contributed by atoms with van der Waals surface area (Å²) in [5, 5.41) is 2.45. The SMILES string of the molecule is CCOC(=O)C1(C(=O)OCC)NC(=O)C[C@@H]1CC. The predicted octanol–water partition coefficient (Wildman–Crippen LogP) is 0.397. The molecule has 6 heteroatoms. The summed E-state index contributed by atoms with van der Waals surface area (Å²) in [7, 11) is 0. The highest BCUT2D eigenvalue weighted by molar-refractivity contribution is 6.10. The molecule has 102 valence electrons. The Hall–Kier alpha value is -1.59. The molecule has 18 heavy (non-hydrogen) atoms. The number of esters is 2. The third-order valence-corrected chi connectivity index (χ3v) is 3.07. The van der Waals surface area contributed by atoms with Crippen LogP contribution in [-0.4, -0.2) is 36.6 Å². The Morgan fingerprint density at radius 2 is 1.72 bits per heavy atom. The second-order valence-electron chi connectivity index (χ2n) is 4.11. The van der Waals surface area contributed by atoms with E-state index in [0.717, 1.165) is 0 Å². The normalized spacial score (nSPS) is 21.3. The number of rotatable bonds is 5. The van der Waals surface area contributed by atoms with Gasteiger partial charge in [0.25, 0.3) is 0 Å². The zero-order valence-electron chi connectivity index (χ0n) is 10.9. The Morgan fingerprint density at radius 1 is 1.22 bits per heavy atom. The van der Waals surface area contributed by atoms with E-state index in [2.05, 4.69) is 5.32 Å². The van der Waals surface area contributed by atoms with Crippen LogP contribution in [0.3, 0.4) is 0 Å². The Morgan fingerprint density at radius 3 is 2.11 bits per heavy atom. The first-order valence-electron chi connectivity index (χ1n) is 6.18. The second kappa shape index (κ2) is 5.84. The fourth-order valence-electron chi connectivity index (χ4n) is 2.21. The topological polar surface area (TPSA) is 81.7 Å². The molecule has 0 radical (unpaired) electrons. The number of carbonyl (C=O) groups excluding carboxylic acids is 3.